The second-order valence-corrected chi connectivity index (χ2v) is 4.60. The van der Waals surface area contributed by atoms with Gasteiger partial charge in [0.05, 0.1) is 0 Å². The van der Waals surface area contributed by atoms with Crippen molar-refractivity contribution in [1.29, 1.82) is 0 Å². The molecule has 4 nitrogen and oxygen atoms in total. The Kier molecular flexibility index (Phi) is 3.55. The summed E-state index contributed by atoms with van der Waals surface area (Å²) in [6, 6.07) is 3.94. The van der Waals surface area contributed by atoms with Crippen LogP contribution in [0.5, 0.6) is 0 Å². The highest BCUT2D eigenvalue weighted by Gasteiger charge is 2.10. The molecule has 0 aromatic carbocycles. The van der Waals surface area contributed by atoms with E-state index in [-0.39, 0.29) is 0 Å². The largest absolute Gasteiger partial charge is 0.373 e. The van der Waals surface area contributed by atoms with Crippen LogP contribution in [0.25, 0.3) is 11.4 Å². The van der Waals surface area contributed by atoms with E-state index in [1.165, 1.54) is 0 Å². The molecule has 0 bridgehead atoms. The topological polar surface area (TPSA) is 50.7 Å². The molecule has 0 fully saturated rings. The van der Waals surface area contributed by atoms with E-state index in [9.17, 15) is 0 Å². The van der Waals surface area contributed by atoms with Crippen molar-refractivity contribution in [2.45, 2.75) is 26.7 Å². The van der Waals surface area contributed by atoms with Crippen LogP contribution in [0.1, 0.15) is 31.0 Å². The third kappa shape index (κ3) is 2.47. The number of rotatable bonds is 3. The Labute approximate surface area is 108 Å². The first kappa shape index (κ1) is 12.5. The molecule has 0 aliphatic carbocycles. The van der Waals surface area contributed by atoms with Gasteiger partial charge in [0.25, 0.3) is 0 Å². The zero-order valence-corrected chi connectivity index (χ0v) is 11.2. The van der Waals surface area contributed by atoms with E-state index in [4.69, 9.17) is 0 Å². The number of aryl methyl sites for hydroxylation is 1. The summed E-state index contributed by atoms with van der Waals surface area (Å²) in [7, 11) is 1.87. The first-order chi connectivity index (χ1) is 8.61. The van der Waals surface area contributed by atoms with E-state index in [0.717, 1.165) is 28.5 Å². The van der Waals surface area contributed by atoms with Crippen LogP contribution in [0.2, 0.25) is 0 Å². The maximum Gasteiger partial charge on any atom is 0.162 e. The fourth-order valence-corrected chi connectivity index (χ4v) is 1.73. The van der Waals surface area contributed by atoms with Crippen molar-refractivity contribution < 1.29 is 0 Å². The molecule has 0 radical (unpaired) electrons. The van der Waals surface area contributed by atoms with Gasteiger partial charge in [0.1, 0.15) is 5.82 Å². The molecule has 0 aliphatic rings. The van der Waals surface area contributed by atoms with Crippen molar-refractivity contribution in [3.63, 3.8) is 0 Å². The van der Waals surface area contributed by atoms with Crippen molar-refractivity contribution in [2.24, 2.45) is 0 Å². The summed E-state index contributed by atoms with van der Waals surface area (Å²) in [5.41, 5.74) is 3.16. The normalized spacial score (nSPS) is 10.7. The maximum absolute atomic E-state index is 4.63. The summed E-state index contributed by atoms with van der Waals surface area (Å²) >= 11 is 0. The Morgan fingerprint density at radius 2 is 2.00 bits per heavy atom. The van der Waals surface area contributed by atoms with E-state index < -0.39 is 0 Å². The number of nitrogens with one attached hydrogen (secondary N) is 1. The summed E-state index contributed by atoms with van der Waals surface area (Å²) in [5.74, 6) is 1.98. The highest BCUT2D eigenvalue weighted by molar-refractivity contribution is 5.60. The second kappa shape index (κ2) is 5.12. The smallest absolute Gasteiger partial charge is 0.162 e. The molecule has 94 valence electrons. The van der Waals surface area contributed by atoms with Crippen LogP contribution in [-0.4, -0.2) is 22.0 Å². The van der Waals surface area contributed by atoms with E-state index in [1.54, 1.807) is 6.20 Å². The summed E-state index contributed by atoms with van der Waals surface area (Å²) < 4.78 is 0. The minimum atomic E-state index is 0.376. The first-order valence-corrected chi connectivity index (χ1v) is 6.09. The summed E-state index contributed by atoms with van der Waals surface area (Å²) in [6.45, 7) is 6.28. The third-order valence-electron chi connectivity index (χ3n) is 2.85. The van der Waals surface area contributed by atoms with Crippen LogP contribution in [0, 0.1) is 6.92 Å². The molecule has 4 heteroatoms. The molecule has 0 spiro atoms. The lowest BCUT2D eigenvalue weighted by molar-refractivity contribution is 0.817. The number of pyridine rings is 1. The Morgan fingerprint density at radius 3 is 2.61 bits per heavy atom. The van der Waals surface area contributed by atoms with Gasteiger partial charge in [-0.1, -0.05) is 13.8 Å². The van der Waals surface area contributed by atoms with Gasteiger partial charge in [0.2, 0.25) is 0 Å². The minimum Gasteiger partial charge on any atom is -0.373 e. The number of hydrogen-bond donors (Lipinski definition) is 1. The minimum absolute atomic E-state index is 0.376. The fourth-order valence-electron chi connectivity index (χ4n) is 1.73. The van der Waals surface area contributed by atoms with Crippen LogP contribution in [-0.2, 0) is 0 Å². The Hall–Kier alpha value is -1.97. The average molecular weight is 242 g/mol. The van der Waals surface area contributed by atoms with E-state index in [0.29, 0.717) is 5.92 Å². The average Bonchev–Trinajstić information content (AvgIpc) is 2.38. The van der Waals surface area contributed by atoms with Crippen molar-refractivity contribution in [1.82, 2.24) is 15.0 Å². The molecular formula is C14H18N4. The molecule has 0 saturated heterocycles. The van der Waals surface area contributed by atoms with Crippen LogP contribution in [0.15, 0.2) is 24.5 Å². The molecular weight excluding hydrogens is 224 g/mol. The molecule has 1 N–H and O–H groups in total. The molecule has 2 rings (SSSR count). The fraction of sp³-hybridized carbons (Fsp3) is 0.357. The van der Waals surface area contributed by atoms with Crippen molar-refractivity contribution >= 4 is 5.82 Å². The molecule has 2 heterocycles. The van der Waals surface area contributed by atoms with Gasteiger partial charge in [-0.3, -0.25) is 4.98 Å². The lowest BCUT2D eigenvalue weighted by atomic mass is 10.1. The Bertz CT molecular complexity index is 549. The predicted octanol–water partition coefficient (Wildman–Crippen LogP) is 3.01. The molecule has 0 unspecified atom stereocenters. The van der Waals surface area contributed by atoms with Crippen LogP contribution in [0.4, 0.5) is 5.82 Å². The van der Waals surface area contributed by atoms with Crippen LogP contribution >= 0.6 is 0 Å². The molecule has 18 heavy (non-hydrogen) atoms. The molecule has 0 aliphatic heterocycles. The molecule has 0 saturated carbocycles. The van der Waals surface area contributed by atoms with Crippen molar-refractivity contribution in [2.75, 3.05) is 12.4 Å². The van der Waals surface area contributed by atoms with Crippen molar-refractivity contribution in [3.05, 3.63) is 35.8 Å². The van der Waals surface area contributed by atoms with E-state index >= 15 is 0 Å². The second-order valence-electron chi connectivity index (χ2n) is 4.60. The number of aromatic nitrogens is 3. The number of nitrogens with zero attached hydrogens (tertiary/aromatic N) is 3. The van der Waals surface area contributed by atoms with Gasteiger partial charge >= 0.3 is 0 Å². The lowest BCUT2D eigenvalue weighted by Gasteiger charge is -2.11. The van der Waals surface area contributed by atoms with Gasteiger partial charge in [-0.05, 0) is 24.5 Å². The standard InChI is InChI=1S/C14H18N4/c1-9(2)12-7-13(15-4)18-14(17-12)11-5-6-16-8-10(11)3/h5-9H,1-4H3,(H,15,17,18). The van der Waals surface area contributed by atoms with E-state index in [2.05, 4.69) is 34.1 Å². The maximum atomic E-state index is 4.63. The third-order valence-corrected chi connectivity index (χ3v) is 2.85. The molecule has 0 atom stereocenters. The Morgan fingerprint density at radius 1 is 1.22 bits per heavy atom. The summed E-state index contributed by atoms with van der Waals surface area (Å²) in [4.78, 5) is 13.2. The summed E-state index contributed by atoms with van der Waals surface area (Å²) in [6.07, 6.45) is 3.60. The monoisotopic (exact) mass is 242 g/mol. The zero-order valence-electron chi connectivity index (χ0n) is 11.2. The summed E-state index contributed by atoms with van der Waals surface area (Å²) in [5, 5.41) is 3.09. The van der Waals surface area contributed by atoms with Crippen molar-refractivity contribution in [3.8, 4) is 11.4 Å². The molecule has 2 aromatic heterocycles. The lowest BCUT2D eigenvalue weighted by Crippen LogP contribution is -2.03. The highest BCUT2D eigenvalue weighted by Crippen LogP contribution is 2.23. The van der Waals surface area contributed by atoms with Gasteiger partial charge in [-0.2, -0.15) is 0 Å². The van der Waals surface area contributed by atoms with Crippen LogP contribution < -0.4 is 5.32 Å². The zero-order chi connectivity index (χ0) is 13.1. The quantitative estimate of drug-likeness (QED) is 0.898. The van der Waals surface area contributed by atoms with E-state index in [1.807, 2.05) is 32.3 Å². The van der Waals surface area contributed by atoms with Gasteiger partial charge in [-0.25, -0.2) is 9.97 Å². The number of hydrogen-bond acceptors (Lipinski definition) is 4. The van der Waals surface area contributed by atoms with Gasteiger partial charge < -0.3 is 5.32 Å². The molecule has 2 aromatic rings. The van der Waals surface area contributed by atoms with Gasteiger partial charge in [0.15, 0.2) is 5.82 Å². The SMILES string of the molecule is CNc1cc(C(C)C)nc(-c2ccncc2C)n1. The predicted molar refractivity (Wildman–Crippen MR) is 73.6 cm³/mol. The number of anilines is 1. The molecule has 0 amide bonds. The van der Waals surface area contributed by atoms with Gasteiger partial charge in [-0.15, -0.1) is 0 Å². The first-order valence-electron chi connectivity index (χ1n) is 6.09. The van der Waals surface area contributed by atoms with Crippen LogP contribution in [0.3, 0.4) is 0 Å². The Balaban J connectivity index is 2.57. The highest BCUT2D eigenvalue weighted by atomic mass is 15.0. The van der Waals surface area contributed by atoms with Gasteiger partial charge in [0, 0.05) is 36.8 Å².